The average Bonchev–Trinajstić information content (AvgIpc) is 3.29. The molecule has 2 fully saturated rings. The number of amides is 2. The van der Waals surface area contributed by atoms with Gasteiger partial charge in [0.1, 0.15) is 0 Å². The van der Waals surface area contributed by atoms with Crippen LogP contribution in [0.4, 0.5) is 4.79 Å². The number of carbonyl (C=O) groups is 1. The topological polar surface area (TPSA) is 55.8 Å². The van der Waals surface area contributed by atoms with Crippen LogP contribution in [0.3, 0.4) is 0 Å². The molecule has 0 spiro atoms. The van der Waals surface area contributed by atoms with Gasteiger partial charge in [0, 0.05) is 37.8 Å². The molecule has 0 aromatic carbocycles. The minimum atomic E-state index is 0.0409. The number of carbonyl (C=O) groups excluding carboxylic acids is 1. The van der Waals surface area contributed by atoms with Crippen LogP contribution in [0.1, 0.15) is 45.4 Å². The highest BCUT2D eigenvalue weighted by Crippen LogP contribution is 2.26. The molecule has 1 aliphatic carbocycles. The molecule has 2 N–H and O–H groups in total. The van der Waals surface area contributed by atoms with Crippen molar-refractivity contribution in [2.45, 2.75) is 63.6 Å². The number of likely N-dealkylation sites (N-methyl/N-ethyl adjacent to an activating group) is 1. The molecule has 116 valence electrons. The van der Waals surface area contributed by atoms with Gasteiger partial charge in [0.15, 0.2) is 0 Å². The van der Waals surface area contributed by atoms with Gasteiger partial charge in [0.2, 0.25) is 0 Å². The monoisotopic (exact) mass is 283 g/mol. The van der Waals surface area contributed by atoms with Gasteiger partial charge in [0.25, 0.3) is 0 Å². The fourth-order valence-electron chi connectivity index (χ4n) is 3.04. The number of aliphatic hydroxyl groups excluding tert-OH is 1. The summed E-state index contributed by atoms with van der Waals surface area (Å²) in [6.45, 7) is 3.85. The number of rotatable bonds is 6. The van der Waals surface area contributed by atoms with Crippen LogP contribution in [0.25, 0.3) is 0 Å². The van der Waals surface area contributed by atoms with E-state index in [4.69, 9.17) is 5.11 Å². The largest absolute Gasteiger partial charge is 0.396 e. The van der Waals surface area contributed by atoms with Gasteiger partial charge in [-0.2, -0.15) is 0 Å². The highest BCUT2D eigenvalue weighted by Gasteiger charge is 2.30. The first-order valence-corrected chi connectivity index (χ1v) is 8.00. The molecule has 20 heavy (non-hydrogen) atoms. The molecule has 1 heterocycles. The van der Waals surface area contributed by atoms with Crippen LogP contribution in [0.15, 0.2) is 0 Å². The maximum Gasteiger partial charge on any atom is 0.317 e. The molecule has 1 saturated heterocycles. The van der Waals surface area contributed by atoms with E-state index in [1.54, 1.807) is 0 Å². The van der Waals surface area contributed by atoms with Crippen LogP contribution in [-0.2, 0) is 0 Å². The van der Waals surface area contributed by atoms with Crippen molar-refractivity contribution in [1.82, 2.24) is 15.1 Å². The van der Waals surface area contributed by atoms with Crippen LogP contribution in [0.5, 0.6) is 0 Å². The Hall–Kier alpha value is -0.810. The van der Waals surface area contributed by atoms with E-state index >= 15 is 0 Å². The second-order valence-electron chi connectivity index (χ2n) is 6.29. The number of nitrogens with zero attached hydrogens (tertiary/aromatic N) is 2. The number of hydrogen-bond acceptors (Lipinski definition) is 3. The highest BCUT2D eigenvalue weighted by molar-refractivity contribution is 5.74. The van der Waals surface area contributed by atoms with Crippen molar-refractivity contribution in [2.75, 3.05) is 26.7 Å². The Labute approximate surface area is 122 Å². The fourth-order valence-corrected chi connectivity index (χ4v) is 3.04. The molecular weight excluding hydrogens is 254 g/mol. The third-order valence-corrected chi connectivity index (χ3v) is 4.72. The summed E-state index contributed by atoms with van der Waals surface area (Å²) in [5, 5.41) is 12.2. The number of nitrogens with one attached hydrogen (secondary N) is 1. The van der Waals surface area contributed by atoms with E-state index in [0.29, 0.717) is 19.0 Å². The van der Waals surface area contributed by atoms with Crippen molar-refractivity contribution in [1.29, 1.82) is 0 Å². The van der Waals surface area contributed by atoms with Crippen molar-refractivity contribution in [3.8, 4) is 0 Å². The lowest BCUT2D eigenvalue weighted by Crippen LogP contribution is -2.51. The zero-order chi connectivity index (χ0) is 14.5. The van der Waals surface area contributed by atoms with Crippen molar-refractivity contribution in [3.05, 3.63) is 0 Å². The molecule has 2 atom stereocenters. The summed E-state index contributed by atoms with van der Waals surface area (Å²) in [5.41, 5.74) is 0. The Balaban J connectivity index is 1.77. The van der Waals surface area contributed by atoms with Crippen LogP contribution in [0, 0.1) is 0 Å². The van der Waals surface area contributed by atoms with Gasteiger partial charge in [-0.15, -0.1) is 0 Å². The smallest absolute Gasteiger partial charge is 0.317 e. The first-order chi connectivity index (χ1) is 9.63. The van der Waals surface area contributed by atoms with E-state index in [0.717, 1.165) is 31.8 Å². The molecule has 0 aromatic rings. The zero-order valence-corrected chi connectivity index (χ0v) is 12.8. The predicted octanol–water partition coefficient (Wildman–Crippen LogP) is 1.42. The standard InChI is InChI=1S/C15H29N3O2/c1-12(17(2)13-6-7-13)11-16-15(20)18-9-4-3-5-14(18)8-10-19/h12-14,19H,3-11H2,1-2H3,(H,16,20). The number of aliphatic hydroxyl groups is 1. The quantitative estimate of drug-likeness (QED) is 0.775. The molecule has 1 aliphatic heterocycles. The molecule has 0 bridgehead atoms. The summed E-state index contributed by atoms with van der Waals surface area (Å²) in [5.74, 6) is 0. The van der Waals surface area contributed by atoms with E-state index in [9.17, 15) is 4.79 Å². The first-order valence-electron chi connectivity index (χ1n) is 8.00. The summed E-state index contributed by atoms with van der Waals surface area (Å²) in [7, 11) is 2.14. The molecule has 2 amide bonds. The third-order valence-electron chi connectivity index (χ3n) is 4.72. The van der Waals surface area contributed by atoms with Crippen molar-refractivity contribution in [2.24, 2.45) is 0 Å². The maximum atomic E-state index is 12.3. The molecule has 1 saturated carbocycles. The molecule has 0 radical (unpaired) electrons. The summed E-state index contributed by atoms with van der Waals surface area (Å²) >= 11 is 0. The molecule has 5 nitrogen and oxygen atoms in total. The van der Waals surface area contributed by atoms with Gasteiger partial charge in [-0.25, -0.2) is 4.79 Å². The van der Waals surface area contributed by atoms with E-state index < -0.39 is 0 Å². The minimum Gasteiger partial charge on any atom is -0.396 e. The van der Waals surface area contributed by atoms with E-state index in [-0.39, 0.29) is 18.7 Å². The van der Waals surface area contributed by atoms with Crippen LogP contribution < -0.4 is 5.32 Å². The van der Waals surface area contributed by atoms with Gasteiger partial charge in [-0.3, -0.25) is 4.90 Å². The SMILES string of the molecule is CC(CNC(=O)N1CCCCC1CCO)N(C)C1CC1. The Morgan fingerprint density at radius 1 is 1.40 bits per heavy atom. The Kier molecular flexibility index (Phi) is 5.66. The molecule has 5 heteroatoms. The molecule has 2 rings (SSSR count). The molecule has 0 aromatic heterocycles. The summed E-state index contributed by atoms with van der Waals surface area (Å²) < 4.78 is 0. The normalized spacial score (nSPS) is 24.8. The average molecular weight is 283 g/mol. The predicted molar refractivity (Wildman–Crippen MR) is 79.7 cm³/mol. The van der Waals surface area contributed by atoms with Crippen molar-refractivity contribution < 1.29 is 9.90 Å². The number of hydrogen-bond donors (Lipinski definition) is 2. The lowest BCUT2D eigenvalue weighted by Gasteiger charge is -2.36. The van der Waals surface area contributed by atoms with Gasteiger partial charge in [-0.1, -0.05) is 0 Å². The zero-order valence-electron chi connectivity index (χ0n) is 12.8. The Morgan fingerprint density at radius 3 is 2.80 bits per heavy atom. The van der Waals surface area contributed by atoms with Crippen LogP contribution in [-0.4, -0.2) is 65.8 Å². The Morgan fingerprint density at radius 2 is 2.15 bits per heavy atom. The second-order valence-corrected chi connectivity index (χ2v) is 6.29. The van der Waals surface area contributed by atoms with E-state index in [1.165, 1.54) is 12.8 Å². The molecular formula is C15H29N3O2. The van der Waals surface area contributed by atoms with Gasteiger partial charge >= 0.3 is 6.03 Å². The summed E-state index contributed by atoms with van der Waals surface area (Å²) in [6, 6.07) is 1.36. The summed E-state index contributed by atoms with van der Waals surface area (Å²) in [6.07, 6.45) is 6.54. The van der Waals surface area contributed by atoms with E-state index in [2.05, 4.69) is 24.2 Å². The van der Waals surface area contributed by atoms with Gasteiger partial charge < -0.3 is 15.3 Å². The van der Waals surface area contributed by atoms with Crippen molar-refractivity contribution in [3.63, 3.8) is 0 Å². The fraction of sp³-hybridized carbons (Fsp3) is 0.933. The van der Waals surface area contributed by atoms with Crippen LogP contribution >= 0.6 is 0 Å². The third kappa shape index (κ3) is 4.09. The number of piperidine rings is 1. The lowest BCUT2D eigenvalue weighted by molar-refractivity contribution is 0.129. The first kappa shape index (κ1) is 15.6. The highest BCUT2D eigenvalue weighted by atomic mass is 16.3. The van der Waals surface area contributed by atoms with Crippen LogP contribution in [0.2, 0.25) is 0 Å². The van der Waals surface area contributed by atoms with Gasteiger partial charge in [-0.05, 0) is 52.5 Å². The van der Waals surface area contributed by atoms with Crippen molar-refractivity contribution >= 4 is 6.03 Å². The Bertz CT molecular complexity index is 318. The lowest BCUT2D eigenvalue weighted by atomic mass is 10.0. The second kappa shape index (κ2) is 7.27. The maximum absolute atomic E-state index is 12.3. The summed E-state index contributed by atoms with van der Waals surface area (Å²) in [4.78, 5) is 16.6. The van der Waals surface area contributed by atoms with Gasteiger partial charge in [0.05, 0.1) is 0 Å². The minimum absolute atomic E-state index is 0.0409. The molecule has 2 aliphatic rings. The molecule has 2 unspecified atom stereocenters. The van der Waals surface area contributed by atoms with E-state index in [1.807, 2.05) is 4.90 Å². The number of likely N-dealkylation sites (tertiary alicyclic amines) is 1. The number of urea groups is 1.